The molecule has 0 unspecified atom stereocenters. The predicted octanol–water partition coefficient (Wildman–Crippen LogP) is 3.24. The molecule has 2 aromatic rings. The van der Waals surface area contributed by atoms with Gasteiger partial charge in [0.2, 0.25) is 0 Å². The lowest BCUT2D eigenvalue weighted by Gasteiger charge is -2.31. The maximum Gasteiger partial charge on any atom is 0.0443 e. The van der Waals surface area contributed by atoms with Crippen molar-refractivity contribution in [1.82, 2.24) is 10.3 Å². The first kappa shape index (κ1) is 16.2. The fraction of sp³-hybridized carbons (Fsp3) is 0.526. The molecule has 4 heteroatoms. The number of aromatic nitrogens is 1. The fourth-order valence-electron chi connectivity index (χ4n) is 3.58. The molecule has 0 bridgehead atoms. The Hall–Kier alpha value is -1.65. The van der Waals surface area contributed by atoms with Crippen LogP contribution in [0, 0.1) is 6.92 Å². The molecule has 1 fully saturated rings. The lowest BCUT2D eigenvalue weighted by Crippen LogP contribution is -2.37. The largest absolute Gasteiger partial charge is 0.396 e. The highest BCUT2D eigenvalue weighted by Crippen LogP contribution is 2.29. The van der Waals surface area contributed by atoms with Gasteiger partial charge in [-0.3, -0.25) is 4.98 Å². The highest BCUT2D eigenvalue weighted by Gasteiger charge is 2.21. The van der Waals surface area contributed by atoms with Gasteiger partial charge in [0.05, 0.1) is 0 Å². The van der Waals surface area contributed by atoms with Crippen LogP contribution in [0.4, 0.5) is 5.69 Å². The van der Waals surface area contributed by atoms with Gasteiger partial charge in [0.1, 0.15) is 0 Å². The average molecular weight is 313 g/mol. The topological polar surface area (TPSA) is 57.2 Å². The van der Waals surface area contributed by atoms with E-state index in [0.29, 0.717) is 12.1 Å². The first-order valence-corrected chi connectivity index (χ1v) is 8.72. The van der Waals surface area contributed by atoms with Crippen molar-refractivity contribution in [3.05, 3.63) is 36.2 Å². The normalized spacial score (nSPS) is 21.5. The van der Waals surface area contributed by atoms with Crippen molar-refractivity contribution < 1.29 is 5.11 Å². The van der Waals surface area contributed by atoms with E-state index in [1.54, 1.807) is 0 Å². The number of nitrogens with zero attached hydrogens (tertiary/aromatic N) is 1. The van der Waals surface area contributed by atoms with Crippen LogP contribution in [0.5, 0.6) is 0 Å². The second-order valence-corrected chi connectivity index (χ2v) is 6.58. The van der Waals surface area contributed by atoms with Gasteiger partial charge in [0.15, 0.2) is 0 Å². The Morgan fingerprint density at radius 3 is 2.70 bits per heavy atom. The van der Waals surface area contributed by atoms with Crippen LogP contribution in [-0.2, 0) is 0 Å². The van der Waals surface area contributed by atoms with Gasteiger partial charge in [0.25, 0.3) is 0 Å². The lowest BCUT2D eigenvalue weighted by atomic mass is 9.90. The third kappa shape index (κ3) is 4.01. The molecular weight excluding hydrogens is 286 g/mol. The number of pyridine rings is 1. The van der Waals surface area contributed by atoms with E-state index in [0.717, 1.165) is 13.0 Å². The summed E-state index contributed by atoms with van der Waals surface area (Å²) in [5.74, 6) is 0. The molecule has 1 aliphatic carbocycles. The number of aliphatic hydroxyl groups is 1. The van der Waals surface area contributed by atoms with Gasteiger partial charge in [-0.25, -0.2) is 0 Å². The number of rotatable bonds is 6. The number of anilines is 1. The molecule has 23 heavy (non-hydrogen) atoms. The van der Waals surface area contributed by atoms with Crippen molar-refractivity contribution in [2.45, 2.75) is 51.1 Å². The van der Waals surface area contributed by atoms with Crippen molar-refractivity contribution in [2.75, 3.05) is 18.5 Å². The summed E-state index contributed by atoms with van der Waals surface area (Å²) in [5, 5.41) is 18.7. The van der Waals surface area contributed by atoms with Gasteiger partial charge in [-0.15, -0.1) is 0 Å². The van der Waals surface area contributed by atoms with Gasteiger partial charge in [0, 0.05) is 47.5 Å². The van der Waals surface area contributed by atoms with Gasteiger partial charge in [-0.2, -0.15) is 0 Å². The first-order chi connectivity index (χ1) is 11.3. The van der Waals surface area contributed by atoms with Gasteiger partial charge in [-0.05, 0) is 57.2 Å². The molecule has 1 heterocycles. The van der Waals surface area contributed by atoms with E-state index < -0.39 is 0 Å². The highest BCUT2D eigenvalue weighted by atomic mass is 16.3. The van der Waals surface area contributed by atoms with E-state index >= 15 is 0 Å². The Morgan fingerprint density at radius 2 is 1.91 bits per heavy atom. The number of fused-ring (bicyclic) bond motifs is 1. The molecule has 0 amide bonds. The van der Waals surface area contributed by atoms with Crippen molar-refractivity contribution in [1.29, 1.82) is 0 Å². The zero-order valence-electron chi connectivity index (χ0n) is 13.9. The number of aryl methyl sites for hydroxylation is 1. The third-order valence-electron chi connectivity index (χ3n) is 4.83. The minimum atomic E-state index is 0.277. The van der Waals surface area contributed by atoms with Crippen molar-refractivity contribution in [3.8, 4) is 0 Å². The zero-order chi connectivity index (χ0) is 16.1. The molecule has 1 saturated carbocycles. The van der Waals surface area contributed by atoms with Crippen LogP contribution < -0.4 is 10.6 Å². The number of nitrogens with one attached hydrogen (secondary N) is 2. The Kier molecular flexibility index (Phi) is 5.47. The van der Waals surface area contributed by atoms with Crippen LogP contribution in [0.2, 0.25) is 0 Å². The lowest BCUT2D eigenvalue weighted by molar-refractivity contribution is 0.276. The molecule has 0 spiro atoms. The standard InChI is InChI=1S/C19H27N3O/c1-14-12-20-13-15-4-2-5-18(19(14)15)22-17-8-6-16(7-9-17)21-10-3-11-23/h2,4-5,12-13,16-17,21-23H,3,6-11H2,1H3/t16-,17+. The number of hydrogen-bond donors (Lipinski definition) is 3. The molecule has 1 aromatic carbocycles. The Morgan fingerprint density at radius 1 is 1.13 bits per heavy atom. The van der Waals surface area contributed by atoms with Crippen molar-refractivity contribution >= 4 is 16.5 Å². The van der Waals surface area contributed by atoms with Crippen LogP contribution >= 0.6 is 0 Å². The average Bonchev–Trinajstić information content (AvgIpc) is 2.57. The van der Waals surface area contributed by atoms with E-state index in [1.807, 2.05) is 12.4 Å². The summed E-state index contributed by atoms with van der Waals surface area (Å²) in [7, 11) is 0. The third-order valence-corrected chi connectivity index (χ3v) is 4.83. The molecule has 1 aliphatic rings. The minimum absolute atomic E-state index is 0.277. The van der Waals surface area contributed by atoms with Crippen LogP contribution in [0.25, 0.3) is 10.8 Å². The quantitative estimate of drug-likeness (QED) is 0.717. The summed E-state index contributed by atoms with van der Waals surface area (Å²) >= 11 is 0. The summed E-state index contributed by atoms with van der Waals surface area (Å²) in [4.78, 5) is 4.29. The van der Waals surface area contributed by atoms with E-state index in [9.17, 15) is 0 Å². The van der Waals surface area contributed by atoms with Crippen molar-refractivity contribution in [3.63, 3.8) is 0 Å². The Labute approximate surface area is 138 Å². The molecule has 0 aliphatic heterocycles. The molecule has 1 aromatic heterocycles. The van der Waals surface area contributed by atoms with Crippen molar-refractivity contribution in [2.24, 2.45) is 0 Å². The molecule has 3 rings (SSSR count). The molecule has 3 N–H and O–H groups in total. The second kappa shape index (κ2) is 7.75. The maximum atomic E-state index is 8.86. The highest BCUT2D eigenvalue weighted by molar-refractivity contribution is 5.95. The van der Waals surface area contributed by atoms with E-state index in [4.69, 9.17) is 5.11 Å². The predicted molar refractivity (Wildman–Crippen MR) is 95.9 cm³/mol. The number of benzene rings is 1. The van der Waals surface area contributed by atoms with Gasteiger partial charge in [-0.1, -0.05) is 12.1 Å². The van der Waals surface area contributed by atoms with Crippen LogP contribution in [0.1, 0.15) is 37.7 Å². The molecule has 0 radical (unpaired) electrons. The monoisotopic (exact) mass is 313 g/mol. The first-order valence-electron chi connectivity index (χ1n) is 8.72. The summed E-state index contributed by atoms with van der Waals surface area (Å²) in [5.41, 5.74) is 2.46. The van der Waals surface area contributed by atoms with Crippen LogP contribution in [0.15, 0.2) is 30.6 Å². The molecular formula is C19H27N3O. The van der Waals surface area contributed by atoms with Crippen LogP contribution in [0.3, 0.4) is 0 Å². The zero-order valence-corrected chi connectivity index (χ0v) is 13.9. The summed E-state index contributed by atoms with van der Waals surface area (Å²) in [6.07, 6.45) is 9.52. The molecule has 0 atom stereocenters. The summed E-state index contributed by atoms with van der Waals surface area (Å²) in [6, 6.07) is 7.57. The Bertz CT molecular complexity index is 630. The molecule has 0 saturated heterocycles. The number of hydrogen-bond acceptors (Lipinski definition) is 4. The number of aliphatic hydroxyl groups excluding tert-OH is 1. The summed E-state index contributed by atoms with van der Waals surface area (Å²) < 4.78 is 0. The minimum Gasteiger partial charge on any atom is -0.396 e. The summed E-state index contributed by atoms with van der Waals surface area (Å²) in [6.45, 7) is 3.33. The second-order valence-electron chi connectivity index (χ2n) is 6.58. The smallest absolute Gasteiger partial charge is 0.0443 e. The fourth-order valence-corrected chi connectivity index (χ4v) is 3.58. The molecule has 124 valence electrons. The van der Waals surface area contributed by atoms with E-state index in [1.165, 1.54) is 47.7 Å². The van der Waals surface area contributed by atoms with Gasteiger partial charge >= 0.3 is 0 Å². The van der Waals surface area contributed by atoms with Gasteiger partial charge < -0.3 is 15.7 Å². The van der Waals surface area contributed by atoms with Crippen LogP contribution in [-0.4, -0.2) is 35.3 Å². The molecule has 4 nitrogen and oxygen atoms in total. The van der Waals surface area contributed by atoms with E-state index in [2.05, 4.69) is 40.7 Å². The SMILES string of the molecule is Cc1cncc2cccc(N[C@H]3CC[C@@H](NCCCO)CC3)c12. The Balaban J connectivity index is 1.61. The van der Waals surface area contributed by atoms with E-state index in [-0.39, 0.29) is 6.61 Å². The maximum absolute atomic E-state index is 8.86.